The van der Waals surface area contributed by atoms with E-state index in [-0.39, 0.29) is 11.6 Å². The molecule has 0 saturated heterocycles. The normalized spacial score (nSPS) is 11.6. The van der Waals surface area contributed by atoms with Crippen molar-refractivity contribution in [2.45, 2.75) is 13.0 Å². The molecule has 0 radical (unpaired) electrons. The van der Waals surface area contributed by atoms with Gasteiger partial charge in [0.1, 0.15) is 6.04 Å². The van der Waals surface area contributed by atoms with Crippen molar-refractivity contribution in [3.8, 4) is 0 Å². The molecule has 6 nitrogen and oxygen atoms in total. The van der Waals surface area contributed by atoms with Gasteiger partial charge in [-0.15, -0.1) is 0 Å². The molecule has 2 N–H and O–H groups in total. The fourth-order valence-corrected chi connectivity index (χ4v) is 1.24. The molecule has 86 valence electrons. The van der Waals surface area contributed by atoms with Gasteiger partial charge in [-0.3, -0.25) is 14.9 Å². The molecular formula is C10H13N3O3. The quantitative estimate of drug-likeness (QED) is 0.592. The predicted octanol–water partition coefficient (Wildman–Crippen LogP) is 1.14. The molecule has 0 aliphatic rings. The van der Waals surface area contributed by atoms with Crippen molar-refractivity contribution in [3.05, 3.63) is 34.4 Å². The molecule has 0 aliphatic heterocycles. The van der Waals surface area contributed by atoms with Crippen molar-refractivity contribution in [1.82, 2.24) is 5.32 Å². The summed E-state index contributed by atoms with van der Waals surface area (Å²) < 4.78 is 0. The van der Waals surface area contributed by atoms with Crippen molar-refractivity contribution >= 4 is 17.3 Å². The maximum Gasteiger partial charge on any atom is 0.271 e. The molecule has 0 bridgehead atoms. The number of nitrogens with zero attached hydrogens (tertiary/aromatic N) is 1. The Morgan fingerprint density at radius 3 is 2.75 bits per heavy atom. The van der Waals surface area contributed by atoms with Crippen molar-refractivity contribution < 1.29 is 9.72 Å². The minimum atomic E-state index is -0.476. The van der Waals surface area contributed by atoms with Crippen LogP contribution in [0.25, 0.3) is 0 Å². The Bertz CT molecular complexity index is 406. The fraction of sp³-hybridized carbons (Fsp3) is 0.300. The largest absolute Gasteiger partial charge is 0.374 e. The second-order valence-electron chi connectivity index (χ2n) is 3.29. The van der Waals surface area contributed by atoms with Crippen LogP contribution in [0.4, 0.5) is 11.4 Å². The first-order chi connectivity index (χ1) is 7.54. The molecule has 0 aliphatic carbocycles. The van der Waals surface area contributed by atoms with Gasteiger partial charge in [-0.05, 0) is 13.0 Å². The van der Waals surface area contributed by atoms with Crippen LogP contribution in [0.5, 0.6) is 0 Å². The lowest BCUT2D eigenvalue weighted by molar-refractivity contribution is -0.384. The SMILES string of the molecule is CNC(=O)C(C)Nc1cccc([N+](=O)[O-])c1. The third-order valence-electron chi connectivity index (χ3n) is 2.08. The molecule has 0 saturated carbocycles. The highest BCUT2D eigenvalue weighted by Crippen LogP contribution is 2.17. The van der Waals surface area contributed by atoms with E-state index >= 15 is 0 Å². The van der Waals surface area contributed by atoms with Crippen LogP contribution in [0.3, 0.4) is 0 Å². The number of carbonyl (C=O) groups is 1. The molecule has 6 heteroatoms. The smallest absolute Gasteiger partial charge is 0.271 e. The number of amides is 1. The highest BCUT2D eigenvalue weighted by atomic mass is 16.6. The van der Waals surface area contributed by atoms with Gasteiger partial charge in [-0.25, -0.2) is 0 Å². The molecule has 0 aromatic heterocycles. The van der Waals surface area contributed by atoms with E-state index in [4.69, 9.17) is 0 Å². The highest BCUT2D eigenvalue weighted by Gasteiger charge is 2.12. The van der Waals surface area contributed by atoms with Gasteiger partial charge in [0, 0.05) is 24.9 Å². The van der Waals surface area contributed by atoms with Crippen molar-refractivity contribution in [3.63, 3.8) is 0 Å². The van der Waals surface area contributed by atoms with Gasteiger partial charge in [-0.2, -0.15) is 0 Å². The predicted molar refractivity (Wildman–Crippen MR) is 60.2 cm³/mol. The van der Waals surface area contributed by atoms with Crippen LogP contribution in [0.2, 0.25) is 0 Å². The summed E-state index contributed by atoms with van der Waals surface area (Å²) in [7, 11) is 1.54. The van der Waals surface area contributed by atoms with Gasteiger partial charge in [0.2, 0.25) is 5.91 Å². The van der Waals surface area contributed by atoms with Crippen molar-refractivity contribution in [1.29, 1.82) is 0 Å². The van der Waals surface area contributed by atoms with Crippen LogP contribution in [0.15, 0.2) is 24.3 Å². The zero-order valence-electron chi connectivity index (χ0n) is 9.06. The molecule has 0 heterocycles. The second kappa shape index (κ2) is 5.11. The van der Waals surface area contributed by atoms with Gasteiger partial charge >= 0.3 is 0 Å². The van der Waals surface area contributed by atoms with Gasteiger partial charge < -0.3 is 10.6 Å². The third-order valence-corrected chi connectivity index (χ3v) is 2.08. The average molecular weight is 223 g/mol. The molecule has 16 heavy (non-hydrogen) atoms. The molecule has 1 aromatic carbocycles. The van der Waals surface area contributed by atoms with E-state index in [9.17, 15) is 14.9 Å². The number of likely N-dealkylation sites (N-methyl/N-ethyl adjacent to an activating group) is 1. The average Bonchev–Trinajstić information content (AvgIpc) is 2.28. The first kappa shape index (κ1) is 12.0. The topological polar surface area (TPSA) is 84.3 Å². The van der Waals surface area contributed by atoms with Crippen LogP contribution < -0.4 is 10.6 Å². The standard InChI is InChI=1S/C10H13N3O3/c1-7(10(14)11-2)12-8-4-3-5-9(6-8)13(15)16/h3-7,12H,1-2H3,(H,11,14). The summed E-state index contributed by atoms with van der Waals surface area (Å²) in [5.41, 5.74) is 0.541. The van der Waals surface area contributed by atoms with Crippen LogP contribution in [-0.2, 0) is 4.79 Å². The van der Waals surface area contributed by atoms with Crippen LogP contribution in [0, 0.1) is 10.1 Å². The summed E-state index contributed by atoms with van der Waals surface area (Å²) in [6.45, 7) is 1.68. The number of nitro groups is 1. The van der Waals surface area contributed by atoms with E-state index in [1.807, 2.05) is 0 Å². The number of non-ortho nitro benzene ring substituents is 1. The van der Waals surface area contributed by atoms with Crippen molar-refractivity contribution in [2.24, 2.45) is 0 Å². The second-order valence-corrected chi connectivity index (χ2v) is 3.29. The van der Waals surface area contributed by atoms with E-state index in [1.165, 1.54) is 19.2 Å². The third kappa shape index (κ3) is 2.94. The minimum absolute atomic E-state index is 0.00546. The van der Waals surface area contributed by atoms with Gasteiger partial charge in [0.05, 0.1) is 4.92 Å². The fourth-order valence-electron chi connectivity index (χ4n) is 1.24. The van der Waals surface area contributed by atoms with Gasteiger partial charge in [0.15, 0.2) is 0 Å². The lowest BCUT2D eigenvalue weighted by Gasteiger charge is -2.13. The summed E-state index contributed by atoms with van der Waals surface area (Å²) in [6.07, 6.45) is 0. The van der Waals surface area contributed by atoms with E-state index < -0.39 is 11.0 Å². The summed E-state index contributed by atoms with van der Waals surface area (Å²) in [4.78, 5) is 21.3. The maximum atomic E-state index is 11.2. The Hall–Kier alpha value is -2.11. The molecule has 0 spiro atoms. The Labute approximate surface area is 92.8 Å². The number of carbonyl (C=O) groups excluding carboxylic acids is 1. The number of anilines is 1. The Morgan fingerprint density at radius 1 is 1.50 bits per heavy atom. The van der Waals surface area contributed by atoms with Crippen LogP contribution in [0.1, 0.15) is 6.92 Å². The van der Waals surface area contributed by atoms with Gasteiger partial charge in [-0.1, -0.05) is 6.07 Å². The number of benzene rings is 1. The number of hydrogen-bond donors (Lipinski definition) is 2. The Kier molecular flexibility index (Phi) is 3.82. The highest BCUT2D eigenvalue weighted by molar-refractivity contribution is 5.83. The summed E-state index contributed by atoms with van der Waals surface area (Å²) >= 11 is 0. The molecule has 0 fully saturated rings. The Morgan fingerprint density at radius 2 is 2.19 bits per heavy atom. The first-order valence-electron chi connectivity index (χ1n) is 4.77. The summed E-state index contributed by atoms with van der Waals surface area (Å²) in [5, 5.41) is 15.9. The molecule has 1 amide bonds. The summed E-state index contributed by atoms with van der Waals surface area (Å²) in [6, 6.07) is 5.59. The van der Waals surface area contributed by atoms with E-state index in [2.05, 4.69) is 10.6 Å². The minimum Gasteiger partial charge on any atom is -0.374 e. The molecular weight excluding hydrogens is 210 g/mol. The van der Waals surface area contributed by atoms with E-state index in [1.54, 1.807) is 19.1 Å². The zero-order chi connectivity index (χ0) is 12.1. The number of rotatable bonds is 4. The summed E-state index contributed by atoms with van der Waals surface area (Å²) in [5.74, 6) is -0.175. The number of hydrogen-bond acceptors (Lipinski definition) is 4. The molecule has 1 unspecified atom stereocenters. The molecule has 1 atom stereocenters. The Balaban J connectivity index is 2.78. The lowest BCUT2D eigenvalue weighted by atomic mass is 10.2. The van der Waals surface area contributed by atoms with Crippen LogP contribution >= 0.6 is 0 Å². The number of nitro benzene ring substituents is 1. The molecule has 1 rings (SSSR count). The van der Waals surface area contributed by atoms with E-state index in [0.717, 1.165) is 0 Å². The van der Waals surface area contributed by atoms with Gasteiger partial charge in [0.25, 0.3) is 5.69 Å². The molecule has 1 aromatic rings. The van der Waals surface area contributed by atoms with Crippen molar-refractivity contribution in [2.75, 3.05) is 12.4 Å². The maximum absolute atomic E-state index is 11.2. The lowest BCUT2D eigenvalue weighted by Crippen LogP contribution is -2.35. The van der Waals surface area contributed by atoms with Crippen LogP contribution in [-0.4, -0.2) is 23.9 Å². The first-order valence-corrected chi connectivity index (χ1v) is 4.77. The zero-order valence-corrected chi connectivity index (χ0v) is 9.06. The number of nitrogens with one attached hydrogen (secondary N) is 2. The van der Waals surface area contributed by atoms with E-state index in [0.29, 0.717) is 5.69 Å². The monoisotopic (exact) mass is 223 g/mol.